The summed E-state index contributed by atoms with van der Waals surface area (Å²) in [7, 11) is 0. The van der Waals surface area contributed by atoms with Gasteiger partial charge in [-0.2, -0.15) is 0 Å². The van der Waals surface area contributed by atoms with Gasteiger partial charge in [-0.05, 0) is 47.5 Å². The summed E-state index contributed by atoms with van der Waals surface area (Å²) in [5.41, 5.74) is 4.48. The number of benzene rings is 3. The Morgan fingerprint density at radius 1 is 1.03 bits per heavy atom. The summed E-state index contributed by atoms with van der Waals surface area (Å²) >= 11 is 0. The predicted molar refractivity (Wildman–Crippen MR) is 120 cm³/mol. The molecule has 1 atom stereocenters. The number of hydrogen-bond donors (Lipinski definition) is 1. The molecule has 0 saturated heterocycles. The van der Waals surface area contributed by atoms with E-state index < -0.39 is 0 Å². The molecule has 4 aromatic rings. The van der Waals surface area contributed by atoms with E-state index in [-0.39, 0.29) is 17.8 Å². The zero-order valence-electron chi connectivity index (χ0n) is 17.2. The molecule has 1 aromatic heterocycles. The molecule has 0 saturated carbocycles. The van der Waals surface area contributed by atoms with Gasteiger partial charge in [0.1, 0.15) is 17.7 Å². The number of ether oxygens (including phenoxy) is 1. The zero-order valence-corrected chi connectivity index (χ0v) is 17.2. The lowest BCUT2D eigenvalue weighted by atomic mass is 10.0. The summed E-state index contributed by atoms with van der Waals surface area (Å²) in [6.45, 7) is 0.373. The molecule has 2 heterocycles. The highest BCUT2D eigenvalue weighted by atomic mass is 19.1. The van der Waals surface area contributed by atoms with E-state index in [1.165, 1.54) is 6.07 Å². The molecule has 1 aliphatic heterocycles. The van der Waals surface area contributed by atoms with Crippen LogP contribution in [-0.4, -0.2) is 28.5 Å². The van der Waals surface area contributed by atoms with Crippen molar-refractivity contribution in [2.24, 2.45) is 0 Å². The first kappa shape index (κ1) is 19.9. The van der Waals surface area contributed by atoms with Crippen LogP contribution in [0.2, 0.25) is 0 Å². The number of hydrogen-bond acceptors (Lipinski definition) is 4. The fourth-order valence-corrected chi connectivity index (χ4v) is 3.87. The fourth-order valence-electron chi connectivity index (χ4n) is 3.87. The number of nitrogens with one attached hydrogen (secondary N) is 1. The SMILES string of the molecule is O=C(NCC1Cc2cc(-c3cnccn3)ccc2O1)c1cccc(-c2ccccc2F)c1. The lowest BCUT2D eigenvalue weighted by Crippen LogP contribution is -2.34. The predicted octanol–water partition coefficient (Wildman–Crippen LogP) is 4.68. The summed E-state index contributed by atoms with van der Waals surface area (Å²) in [6, 6.07) is 19.4. The lowest BCUT2D eigenvalue weighted by molar-refractivity contribution is 0.0933. The van der Waals surface area contributed by atoms with Gasteiger partial charge in [0.25, 0.3) is 5.91 Å². The van der Waals surface area contributed by atoms with Gasteiger partial charge in [0.2, 0.25) is 0 Å². The van der Waals surface area contributed by atoms with Crippen LogP contribution in [0.3, 0.4) is 0 Å². The third-order valence-corrected chi connectivity index (χ3v) is 5.46. The minimum atomic E-state index is -0.317. The van der Waals surface area contributed by atoms with Crippen molar-refractivity contribution in [3.63, 3.8) is 0 Å². The molecule has 0 spiro atoms. The fraction of sp³-hybridized carbons (Fsp3) is 0.115. The van der Waals surface area contributed by atoms with Gasteiger partial charge in [-0.3, -0.25) is 14.8 Å². The molecule has 1 amide bonds. The van der Waals surface area contributed by atoms with Crippen molar-refractivity contribution in [1.29, 1.82) is 0 Å². The summed E-state index contributed by atoms with van der Waals surface area (Å²) in [5, 5.41) is 2.94. The largest absolute Gasteiger partial charge is 0.488 e. The highest BCUT2D eigenvalue weighted by Crippen LogP contribution is 2.32. The van der Waals surface area contributed by atoms with Crippen molar-refractivity contribution < 1.29 is 13.9 Å². The van der Waals surface area contributed by atoms with Crippen molar-refractivity contribution in [2.75, 3.05) is 6.54 Å². The van der Waals surface area contributed by atoms with Crippen LogP contribution in [0, 0.1) is 5.82 Å². The monoisotopic (exact) mass is 425 g/mol. The minimum Gasteiger partial charge on any atom is -0.488 e. The van der Waals surface area contributed by atoms with Crippen LogP contribution in [0.15, 0.2) is 85.3 Å². The number of carbonyl (C=O) groups excluding carboxylic acids is 1. The summed E-state index contributed by atoms with van der Waals surface area (Å²) < 4.78 is 20.1. The molecule has 1 aliphatic rings. The van der Waals surface area contributed by atoms with Crippen LogP contribution in [0.4, 0.5) is 4.39 Å². The van der Waals surface area contributed by atoms with Gasteiger partial charge in [-0.1, -0.05) is 30.3 Å². The molecular formula is C26H20FN3O2. The molecule has 0 bridgehead atoms. The quantitative estimate of drug-likeness (QED) is 0.504. The second kappa shape index (κ2) is 8.59. The van der Waals surface area contributed by atoms with Crippen LogP contribution in [0.5, 0.6) is 5.75 Å². The first-order valence-corrected chi connectivity index (χ1v) is 10.4. The molecule has 0 radical (unpaired) electrons. The van der Waals surface area contributed by atoms with E-state index in [2.05, 4.69) is 21.4 Å². The van der Waals surface area contributed by atoms with Crippen molar-refractivity contribution in [3.05, 3.63) is 102 Å². The average Bonchev–Trinajstić information content (AvgIpc) is 3.26. The summed E-state index contributed by atoms with van der Waals surface area (Å²) in [5.74, 6) is 0.282. The first-order chi connectivity index (χ1) is 15.7. The van der Waals surface area contributed by atoms with Gasteiger partial charge in [0.05, 0.1) is 18.4 Å². The number of carbonyl (C=O) groups is 1. The molecule has 6 heteroatoms. The number of aromatic nitrogens is 2. The second-order valence-corrected chi connectivity index (χ2v) is 7.63. The van der Waals surface area contributed by atoms with Gasteiger partial charge >= 0.3 is 0 Å². The maximum absolute atomic E-state index is 14.1. The average molecular weight is 425 g/mol. The molecule has 3 aromatic carbocycles. The van der Waals surface area contributed by atoms with Crippen molar-refractivity contribution in [3.8, 4) is 28.1 Å². The van der Waals surface area contributed by atoms with E-state index in [4.69, 9.17) is 4.74 Å². The number of fused-ring (bicyclic) bond motifs is 1. The van der Waals surface area contributed by atoms with E-state index in [0.29, 0.717) is 29.7 Å². The van der Waals surface area contributed by atoms with Gasteiger partial charge in [-0.25, -0.2) is 4.39 Å². The molecule has 5 rings (SSSR count). The second-order valence-electron chi connectivity index (χ2n) is 7.63. The van der Waals surface area contributed by atoms with E-state index >= 15 is 0 Å². The third-order valence-electron chi connectivity index (χ3n) is 5.46. The molecule has 1 unspecified atom stereocenters. The third kappa shape index (κ3) is 4.07. The number of rotatable bonds is 5. The van der Waals surface area contributed by atoms with Crippen LogP contribution >= 0.6 is 0 Å². The standard InChI is InChI=1S/C26H20FN3O2/c27-23-7-2-1-6-22(23)17-4-3-5-19(12-17)26(31)30-15-21-14-20-13-18(8-9-25(20)32-21)24-16-28-10-11-29-24/h1-13,16,21H,14-15H2,(H,30,31). The topological polar surface area (TPSA) is 64.1 Å². The van der Waals surface area contributed by atoms with Crippen molar-refractivity contribution >= 4 is 5.91 Å². The molecule has 1 N–H and O–H groups in total. The lowest BCUT2D eigenvalue weighted by Gasteiger charge is -2.12. The van der Waals surface area contributed by atoms with Crippen LogP contribution in [0.25, 0.3) is 22.4 Å². The Kier molecular flexibility index (Phi) is 5.34. The van der Waals surface area contributed by atoms with Crippen molar-refractivity contribution in [1.82, 2.24) is 15.3 Å². The maximum Gasteiger partial charge on any atom is 0.251 e. The molecule has 32 heavy (non-hydrogen) atoms. The number of halogens is 1. The summed E-state index contributed by atoms with van der Waals surface area (Å²) in [4.78, 5) is 21.2. The van der Waals surface area contributed by atoms with Gasteiger partial charge < -0.3 is 10.1 Å². The maximum atomic E-state index is 14.1. The Morgan fingerprint density at radius 2 is 1.94 bits per heavy atom. The van der Waals surface area contributed by atoms with Crippen LogP contribution in [-0.2, 0) is 6.42 Å². The Labute approximate surface area is 184 Å². The molecule has 158 valence electrons. The van der Waals surface area contributed by atoms with Gasteiger partial charge in [0, 0.05) is 35.5 Å². The Bertz CT molecular complexity index is 1280. The summed E-state index contributed by atoms with van der Waals surface area (Å²) in [6.07, 6.45) is 5.58. The Morgan fingerprint density at radius 3 is 2.78 bits per heavy atom. The Hall–Kier alpha value is -4.06. The number of nitrogens with zero attached hydrogens (tertiary/aromatic N) is 2. The van der Waals surface area contributed by atoms with Gasteiger partial charge in [-0.15, -0.1) is 0 Å². The van der Waals surface area contributed by atoms with E-state index in [1.54, 1.807) is 61.1 Å². The smallest absolute Gasteiger partial charge is 0.251 e. The van der Waals surface area contributed by atoms with Gasteiger partial charge in [0.15, 0.2) is 0 Å². The van der Waals surface area contributed by atoms with E-state index in [9.17, 15) is 9.18 Å². The number of amides is 1. The Balaban J connectivity index is 1.24. The molecule has 0 aliphatic carbocycles. The van der Waals surface area contributed by atoms with Crippen molar-refractivity contribution in [2.45, 2.75) is 12.5 Å². The normalized spacial score (nSPS) is 14.5. The van der Waals surface area contributed by atoms with E-state index in [1.807, 2.05) is 12.1 Å². The molecule has 0 fully saturated rings. The van der Waals surface area contributed by atoms with E-state index in [0.717, 1.165) is 22.6 Å². The molecule has 5 nitrogen and oxygen atoms in total. The highest BCUT2D eigenvalue weighted by molar-refractivity contribution is 5.95. The van der Waals surface area contributed by atoms with Crippen LogP contribution < -0.4 is 10.1 Å². The van der Waals surface area contributed by atoms with Crippen LogP contribution in [0.1, 0.15) is 15.9 Å². The highest BCUT2D eigenvalue weighted by Gasteiger charge is 2.24. The molecular weight excluding hydrogens is 405 g/mol. The minimum absolute atomic E-state index is 0.152. The first-order valence-electron chi connectivity index (χ1n) is 10.4. The zero-order chi connectivity index (χ0) is 21.9.